The third-order valence-electron chi connectivity index (χ3n) is 3.93. The van der Waals surface area contributed by atoms with Gasteiger partial charge < -0.3 is 9.84 Å². The molecule has 1 N–H and O–H groups in total. The number of hydrogen-bond acceptors (Lipinski definition) is 2. The first kappa shape index (κ1) is 9.22. The Labute approximate surface area is 79.6 Å². The van der Waals surface area contributed by atoms with Crippen LogP contribution in [0.5, 0.6) is 0 Å². The Kier molecular flexibility index (Phi) is 2.00. The highest BCUT2D eigenvalue weighted by atomic mass is 16.5. The molecule has 2 rings (SSSR count). The molecule has 2 heterocycles. The molecule has 0 aromatic carbocycles. The standard InChI is InChI=1S/C11H18O2/c1-4-11(12)7(2)9-5-6-10(13-9)8(11)3/h5-10,12H,4H2,1-3H3/t7-,8+,9+,10-,11?. The number of aliphatic hydroxyl groups is 1. The molecule has 0 amide bonds. The van der Waals surface area contributed by atoms with Crippen LogP contribution in [0.3, 0.4) is 0 Å². The molecular weight excluding hydrogens is 164 g/mol. The van der Waals surface area contributed by atoms with Gasteiger partial charge in [-0.05, 0) is 6.42 Å². The fourth-order valence-corrected chi connectivity index (χ4v) is 2.69. The number of rotatable bonds is 1. The molecule has 0 saturated carbocycles. The molecule has 1 unspecified atom stereocenters. The summed E-state index contributed by atoms with van der Waals surface area (Å²) in [6.45, 7) is 6.21. The predicted octanol–water partition coefficient (Wildman–Crippen LogP) is 1.74. The molecule has 2 heteroatoms. The van der Waals surface area contributed by atoms with E-state index in [4.69, 9.17) is 4.74 Å². The van der Waals surface area contributed by atoms with Crippen molar-refractivity contribution < 1.29 is 9.84 Å². The van der Waals surface area contributed by atoms with Gasteiger partial charge in [-0.3, -0.25) is 0 Å². The van der Waals surface area contributed by atoms with Crippen LogP contribution in [-0.4, -0.2) is 22.9 Å². The molecule has 13 heavy (non-hydrogen) atoms. The molecule has 1 fully saturated rings. The van der Waals surface area contributed by atoms with Gasteiger partial charge in [0, 0.05) is 11.8 Å². The normalized spacial score (nSPS) is 54.2. The fourth-order valence-electron chi connectivity index (χ4n) is 2.69. The van der Waals surface area contributed by atoms with E-state index in [9.17, 15) is 5.11 Å². The van der Waals surface area contributed by atoms with Gasteiger partial charge in [0.15, 0.2) is 0 Å². The van der Waals surface area contributed by atoms with Crippen LogP contribution in [0, 0.1) is 11.8 Å². The first-order chi connectivity index (χ1) is 6.09. The van der Waals surface area contributed by atoms with Gasteiger partial charge in [-0.25, -0.2) is 0 Å². The SMILES string of the molecule is CCC1(O)[C@H](C)[C@@H]2C=C[C@@H](O2)[C@@H]1C. The van der Waals surface area contributed by atoms with Crippen molar-refractivity contribution in [2.24, 2.45) is 11.8 Å². The highest BCUT2D eigenvalue weighted by molar-refractivity contribution is 5.15. The Balaban J connectivity index is 2.31. The number of fused-ring (bicyclic) bond motifs is 2. The molecule has 5 atom stereocenters. The van der Waals surface area contributed by atoms with Crippen LogP contribution in [0.25, 0.3) is 0 Å². The largest absolute Gasteiger partial charge is 0.389 e. The predicted molar refractivity (Wildman–Crippen MR) is 51.4 cm³/mol. The topological polar surface area (TPSA) is 29.5 Å². The fraction of sp³-hybridized carbons (Fsp3) is 0.818. The van der Waals surface area contributed by atoms with Crippen LogP contribution in [0.1, 0.15) is 27.2 Å². The molecule has 0 radical (unpaired) electrons. The minimum absolute atomic E-state index is 0.131. The van der Waals surface area contributed by atoms with Gasteiger partial charge in [0.2, 0.25) is 0 Å². The molecule has 2 bridgehead atoms. The van der Waals surface area contributed by atoms with Crippen LogP contribution in [0.2, 0.25) is 0 Å². The van der Waals surface area contributed by atoms with Crippen molar-refractivity contribution in [3.63, 3.8) is 0 Å². The first-order valence-corrected chi connectivity index (χ1v) is 5.15. The molecule has 0 spiro atoms. The summed E-state index contributed by atoms with van der Waals surface area (Å²) < 4.78 is 5.75. The van der Waals surface area contributed by atoms with E-state index in [0.29, 0.717) is 0 Å². The highest BCUT2D eigenvalue weighted by Gasteiger charge is 2.51. The van der Waals surface area contributed by atoms with E-state index in [2.05, 4.69) is 32.9 Å². The van der Waals surface area contributed by atoms with Gasteiger partial charge in [-0.15, -0.1) is 0 Å². The lowest BCUT2D eigenvalue weighted by Gasteiger charge is -2.46. The van der Waals surface area contributed by atoms with Crippen LogP contribution in [0.4, 0.5) is 0 Å². The number of ether oxygens (including phenoxy) is 1. The average molecular weight is 182 g/mol. The van der Waals surface area contributed by atoms with Crippen molar-refractivity contribution in [3.05, 3.63) is 12.2 Å². The summed E-state index contributed by atoms with van der Waals surface area (Å²) in [5.74, 6) is 0.421. The van der Waals surface area contributed by atoms with Gasteiger partial charge in [-0.2, -0.15) is 0 Å². The molecular formula is C11H18O2. The summed E-state index contributed by atoms with van der Waals surface area (Å²) in [7, 11) is 0. The Hall–Kier alpha value is -0.340. The van der Waals surface area contributed by atoms with E-state index in [0.717, 1.165) is 6.42 Å². The lowest BCUT2D eigenvalue weighted by Crippen LogP contribution is -2.54. The van der Waals surface area contributed by atoms with E-state index < -0.39 is 5.60 Å². The Morgan fingerprint density at radius 1 is 1.23 bits per heavy atom. The smallest absolute Gasteiger partial charge is 0.0818 e. The second-order valence-electron chi connectivity index (χ2n) is 4.37. The van der Waals surface area contributed by atoms with Crippen LogP contribution < -0.4 is 0 Å². The molecule has 0 aliphatic carbocycles. The molecule has 2 nitrogen and oxygen atoms in total. The van der Waals surface area contributed by atoms with E-state index in [1.165, 1.54) is 0 Å². The van der Waals surface area contributed by atoms with Gasteiger partial charge in [0.1, 0.15) is 0 Å². The summed E-state index contributed by atoms with van der Waals surface area (Å²) in [5.41, 5.74) is -0.545. The monoisotopic (exact) mass is 182 g/mol. The van der Waals surface area contributed by atoms with E-state index in [1.807, 2.05) is 0 Å². The van der Waals surface area contributed by atoms with Gasteiger partial charge >= 0.3 is 0 Å². The van der Waals surface area contributed by atoms with Gasteiger partial charge in [0.25, 0.3) is 0 Å². The first-order valence-electron chi connectivity index (χ1n) is 5.15. The Bertz CT molecular complexity index is 216. The lowest BCUT2D eigenvalue weighted by molar-refractivity contribution is -0.182. The van der Waals surface area contributed by atoms with Crippen LogP contribution >= 0.6 is 0 Å². The summed E-state index contributed by atoms with van der Waals surface area (Å²) in [5, 5.41) is 10.5. The molecule has 2 aliphatic heterocycles. The maximum atomic E-state index is 10.5. The molecule has 1 saturated heterocycles. The third-order valence-corrected chi connectivity index (χ3v) is 3.93. The van der Waals surface area contributed by atoms with Crippen molar-refractivity contribution >= 4 is 0 Å². The quantitative estimate of drug-likeness (QED) is 0.626. The van der Waals surface area contributed by atoms with Crippen molar-refractivity contribution in [3.8, 4) is 0 Å². The maximum absolute atomic E-state index is 10.5. The Morgan fingerprint density at radius 2 is 1.69 bits per heavy atom. The summed E-state index contributed by atoms with van der Waals surface area (Å²) in [6.07, 6.45) is 5.27. The minimum Gasteiger partial charge on any atom is -0.389 e. The van der Waals surface area contributed by atoms with E-state index >= 15 is 0 Å². The van der Waals surface area contributed by atoms with Crippen molar-refractivity contribution in [2.45, 2.75) is 45.0 Å². The van der Waals surface area contributed by atoms with Crippen LogP contribution in [-0.2, 0) is 4.74 Å². The summed E-state index contributed by atoms with van der Waals surface area (Å²) in [6, 6.07) is 0. The zero-order valence-electron chi connectivity index (χ0n) is 8.53. The molecule has 74 valence electrons. The molecule has 2 aliphatic rings. The van der Waals surface area contributed by atoms with Crippen molar-refractivity contribution in [2.75, 3.05) is 0 Å². The zero-order chi connectivity index (χ0) is 9.64. The van der Waals surface area contributed by atoms with E-state index in [-0.39, 0.29) is 24.0 Å². The van der Waals surface area contributed by atoms with Crippen molar-refractivity contribution in [1.82, 2.24) is 0 Å². The zero-order valence-corrected chi connectivity index (χ0v) is 8.53. The highest BCUT2D eigenvalue weighted by Crippen LogP contribution is 2.44. The second-order valence-corrected chi connectivity index (χ2v) is 4.37. The maximum Gasteiger partial charge on any atom is 0.0818 e. The van der Waals surface area contributed by atoms with Gasteiger partial charge in [-0.1, -0.05) is 32.9 Å². The second kappa shape index (κ2) is 2.82. The average Bonchev–Trinajstić information content (AvgIpc) is 2.59. The number of hydrogen-bond donors (Lipinski definition) is 1. The van der Waals surface area contributed by atoms with Gasteiger partial charge in [0.05, 0.1) is 17.8 Å². The Morgan fingerprint density at radius 3 is 2.08 bits per heavy atom. The molecule has 0 aromatic rings. The third kappa shape index (κ3) is 1.09. The van der Waals surface area contributed by atoms with E-state index in [1.54, 1.807) is 0 Å². The molecule has 0 aromatic heterocycles. The summed E-state index contributed by atoms with van der Waals surface area (Å²) in [4.78, 5) is 0. The lowest BCUT2D eigenvalue weighted by atomic mass is 9.72. The minimum atomic E-state index is -0.545. The van der Waals surface area contributed by atoms with Crippen molar-refractivity contribution in [1.29, 1.82) is 0 Å². The summed E-state index contributed by atoms with van der Waals surface area (Å²) >= 11 is 0. The van der Waals surface area contributed by atoms with Crippen LogP contribution in [0.15, 0.2) is 12.2 Å².